The first kappa shape index (κ1) is 12.8. The van der Waals surface area contributed by atoms with Gasteiger partial charge in [0.25, 0.3) is 0 Å². The Morgan fingerprint density at radius 3 is 2.61 bits per heavy atom. The van der Waals surface area contributed by atoms with Crippen LogP contribution in [0.15, 0.2) is 30.3 Å². The molecule has 0 spiro atoms. The molecule has 0 unspecified atom stereocenters. The first-order chi connectivity index (χ1) is 8.79. The van der Waals surface area contributed by atoms with Gasteiger partial charge in [-0.25, -0.2) is 4.98 Å². The number of benzene rings is 1. The van der Waals surface area contributed by atoms with Gasteiger partial charge in [0, 0.05) is 5.56 Å². The molecular formula is C13H16N4S. The van der Waals surface area contributed by atoms with Crippen molar-refractivity contribution in [1.82, 2.24) is 15.0 Å². The molecule has 4 nitrogen and oxygen atoms in total. The molecule has 0 bridgehead atoms. The second-order valence-electron chi connectivity index (χ2n) is 3.85. The lowest BCUT2D eigenvalue weighted by atomic mass is 10.2. The molecule has 1 aromatic heterocycles. The van der Waals surface area contributed by atoms with E-state index in [1.807, 2.05) is 42.1 Å². The largest absolute Gasteiger partial charge is 0.368 e. The Hall–Kier alpha value is -1.62. The zero-order chi connectivity index (χ0) is 12.8. The van der Waals surface area contributed by atoms with Crippen LogP contribution in [0.4, 0.5) is 5.95 Å². The van der Waals surface area contributed by atoms with Gasteiger partial charge in [-0.3, -0.25) is 0 Å². The molecule has 2 rings (SSSR count). The fraction of sp³-hybridized carbons (Fsp3) is 0.308. The van der Waals surface area contributed by atoms with Crippen LogP contribution >= 0.6 is 11.8 Å². The van der Waals surface area contributed by atoms with Crippen LogP contribution in [0.25, 0.3) is 11.4 Å². The highest BCUT2D eigenvalue weighted by molar-refractivity contribution is 7.98. The Morgan fingerprint density at radius 2 is 1.89 bits per heavy atom. The van der Waals surface area contributed by atoms with Gasteiger partial charge in [-0.2, -0.15) is 21.7 Å². The van der Waals surface area contributed by atoms with Crippen molar-refractivity contribution in [2.75, 3.05) is 11.5 Å². The third-order valence-electron chi connectivity index (χ3n) is 2.31. The molecule has 0 radical (unpaired) electrons. The molecule has 2 aromatic rings. The number of hydrogen-bond acceptors (Lipinski definition) is 5. The summed E-state index contributed by atoms with van der Waals surface area (Å²) in [4.78, 5) is 12.8. The summed E-state index contributed by atoms with van der Waals surface area (Å²) in [5, 5.41) is 0. The molecule has 0 saturated carbocycles. The van der Waals surface area contributed by atoms with Crippen LogP contribution in [0.1, 0.15) is 19.2 Å². The van der Waals surface area contributed by atoms with Crippen LogP contribution in [-0.4, -0.2) is 20.7 Å². The van der Waals surface area contributed by atoms with Gasteiger partial charge in [-0.1, -0.05) is 37.3 Å². The summed E-state index contributed by atoms with van der Waals surface area (Å²) in [5.41, 5.74) is 6.70. The Balaban J connectivity index is 2.21. The highest BCUT2D eigenvalue weighted by atomic mass is 32.2. The smallest absolute Gasteiger partial charge is 0.223 e. The molecule has 0 atom stereocenters. The minimum atomic E-state index is 0.288. The van der Waals surface area contributed by atoms with Gasteiger partial charge in [-0.15, -0.1) is 0 Å². The molecule has 1 aromatic carbocycles. The van der Waals surface area contributed by atoms with Crippen molar-refractivity contribution < 1.29 is 0 Å². The number of nitrogens with zero attached hydrogens (tertiary/aromatic N) is 3. The summed E-state index contributed by atoms with van der Waals surface area (Å²) in [6, 6.07) is 9.82. The van der Waals surface area contributed by atoms with Crippen LogP contribution in [-0.2, 0) is 5.75 Å². The van der Waals surface area contributed by atoms with E-state index in [1.165, 1.54) is 0 Å². The predicted octanol–water partition coefficient (Wildman–Crippen LogP) is 2.76. The average molecular weight is 260 g/mol. The van der Waals surface area contributed by atoms with E-state index in [4.69, 9.17) is 5.73 Å². The van der Waals surface area contributed by atoms with Crippen molar-refractivity contribution >= 4 is 17.7 Å². The van der Waals surface area contributed by atoms with Gasteiger partial charge in [-0.05, 0) is 12.2 Å². The van der Waals surface area contributed by atoms with E-state index in [0.717, 1.165) is 29.3 Å². The third-order valence-corrected chi connectivity index (χ3v) is 3.47. The summed E-state index contributed by atoms with van der Waals surface area (Å²) >= 11 is 1.81. The van der Waals surface area contributed by atoms with Crippen LogP contribution in [0.2, 0.25) is 0 Å². The van der Waals surface area contributed by atoms with Crippen molar-refractivity contribution in [2.45, 2.75) is 19.1 Å². The van der Waals surface area contributed by atoms with E-state index in [-0.39, 0.29) is 5.95 Å². The number of aromatic nitrogens is 3. The van der Waals surface area contributed by atoms with Crippen molar-refractivity contribution in [2.24, 2.45) is 0 Å². The lowest BCUT2D eigenvalue weighted by Gasteiger charge is -2.04. The molecule has 0 fully saturated rings. The van der Waals surface area contributed by atoms with E-state index < -0.39 is 0 Å². The number of rotatable bonds is 5. The predicted molar refractivity (Wildman–Crippen MR) is 76.1 cm³/mol. The number of nitrogen functional groups attached to an aromatic ring is 1. The third kappa shape index (κ3) is 3.43. The molecule has 0 aliphatic carbocycles. The Kier molecular flexibility index (Phi) is 4.52. The van der Waals surface area contributed by atoms with Gasteiger partial charge in [0.05, 0.1) is 5.75 Å². The van der Waals surface area contributed by atoms with Crippen LogP contribution in [0, 0.1) is 0 Å². The maximum absolute atomic E-state index is 5.73. The molecule has 0 saturated heterocycles. The minimum Gasteiger partial charge on any atom is -0.368 e. The maximum Gasteiger partial charge on any atom is 0.223 e. The number of nitrogens with two attached hydrogens (primary N) is 1. The van der Waals surface area contributed by atoms with Crippen LogP contribution in [0.5, 0.6) is 0 Å². The Morgan fingerprint density at radius 1 is 1.11 bits per heavy atom. The lowest BCUT2D eigenvalue weighted by molar-refractivity contribution is 0.981. The van der Waals surface area contributed by atoms with Crippen molar-refractivity contribution in [1.29, 1.82) is 0 Å². The Labute approximate surface area is 111 Å². The second-order valence-corrected chi connectivity index (χ2v) is 4.96. The fourth-order valence-corrected chi connectivity index (χ4v) is 2.27. The molecule has 2 N–H and O–H groups in total. The summed E-state index contributed by atoms with van der Waals surface area (Å²) in [6.07, 6.45) is 1.15. The molecule has 5 heteroatoms. The van der Waals surface area contributed by atoms with Crippen molar-refractivity contribution in [3.63, 3.8) is 0 Å². The summed E-state index contributed by atoms with van der Waals surface area (Å²) in [6.45, 7) is 2.16. The molecular weight excluding hydrogens is 244 g/mol. The standard InChI is InChI=1S/C13H16N4S/c1-2-8-18-9-11-15-12(17-13(14)16-11)10-6-4-3-5-7-10/h3-7H,2,8-9H2,1H3,(H2,14,15,16,17). The van der Waals surface area contributed by atoms with E-state index in [9.17, 15) is 0 Å². The van der Waals surface area contributed by atoms with Gasteiger partial charge >= 0.3 is 0 Å². The van der Waals surface area contributed by atoms with Gasteiger partial charge in [0.2, 0.25) is 5.95 Å². The molecule has 0 aliphatic rings. The Bertz CT molecular complexity index is 502. The highest BCUT2D eigenvalue weighted by Crippen LogP contribution is 2.17. The first-order valence-corrected chi connectivity index (χ1v) is 7.08. The zero-order valence-electron chi connectivity index (χ0n) is 10.3. The molecule has 94 valence electrons. The first-order valence-electron chi connectivity index (χ1n) is 5.93. The zero-order valence-corrected chi connectivity index (χ0v) is 11.2. The summed E-state index contributed by atoms with van der Waals surface area (Å²) < 4.78 is 0. The highest BCUT2D eigenvalue weighted by Gasteiger charge is 2.06. The SMILES string of the molecule is CCCSCc1nc(N)nc(-c2ccccc2)n1. The topological polar surface area (TPSA) is 64.7 Å². The minimum absolute atomic E-state index is 0.288. The second kappa shape index (κ2) is 6.35. The molecule has 18 heavy (non-hydrogen) atoms. The van der Waals surface area contributed by atoms with E-state index in [0.29, 0.717) is 5.82 Å². The van der Waals surface area contributed by atoms with E-state index in [1.54, 1.807) is 0 Å². The number of thioether (sulfide) groups is 1. The van der Waals surface area contributed by atoms with Crippen molar-refractivity contribution in [3.05, 3.63) is 36.2 Å². The van der Waals surface area contributed by atoms with E-state index in [2.05, 4.69) is 21.9 Å². The van der Waals surface area contributed by atoms with E-state index >= 15 is 0 Å². The fourth-order valence-electron chi connectivity index (χ4n) is 1.53. The number of hydrogen-bond donors (Lipinski definition) is 1. The summed E-state index contributed by atoms with van der Waals surface area (Å²) in [7, 11) is 0. The van der Waals surface area contributed by atoms with Gasteiger partial charge in [0.1, 0.15) is 5.82 Å². The van der Waals surface area contributed by atoms with Gasteiger partial charge < -0.3 is 5.73 Å². The molecule has 1 heterocycles. The van der Waals surface area contributed by atoms with Crippen LogP contribution < -0.4 is 5.73 Å². The summed E-state index contributed by atoms with van der Waals surface area (Å²) in [5.74, 6) is 3.57. The lowest BCUT2D eigenvalue weighted by Crippen LogP contribution is -2.04. The monoisotopic (exact) mass is 260 g/mol. The van der Waals surface area contributed by atoms with Crippen LogP contribution in [0.3, 0.4) is 0 Å². The van der Waals surface area contributed by atoms with Gasteiger partial charge in [0.15, 0.2) is 5.82 Å². The number of anilines is 1. The molecule has 0 aliphatic heterocycles. The quantitative estimate of drug-likeness (QED) is 0.837. The normalized spacial score (nSPS) is 10.5. The molecule has 0 amide bonds. The maximum atomic E-state index is 5.73. The van der Waals surface area contributed by atoms with Crippen molar-refractivity contribution in [3.8, 4) is 11.4 Å². The average Bonchev–Trinajstić information content (AvgIpc) is 2.39.